The molecule has 3 N–H and O–H groups in total. The van der Waals surface area contributed by atoms with Crippen LogP contribution in [0.4, 0.5) is 0 Å². The molecule has 0 aliphatic carbocycles. The van der Waals surface area contributed by atoms with Gasteiger partial charge in [-0.3, -0.25) is 0 Å². The lowest BCUT2D eigenvalue weighted by atomic mass is 9.88. The topological polar surface area (TPSA) is 56.5 Å². The van der Waals surface area contributed by atoms with E-state index in [-0.39, 0.29) is 0 Å². The number of fused-ring (bicyclic) bond motifs is 2. The van der Waals surface area contributed by atoms with Gasteiger partial charge in [0.05, 0.1) is 5.69 Å². The number of hydrogen-bond donors (Lipinski definition) is 3. The monoisotopic (exact) mass is 358 g/mol. The second kappa shape index (κ2) is 6.54. The number of nitrogens with zero attached hydrogens (tertiary/aromatic N) is 1. The first-order chi connectivity index (χ1) is 13.2. The normalized spacial score (nSPS) is 16.0. The van der Waals surface area contributed by atoms with Crippen molar-refractivity contribution in [1.82, 2.24) is 20.3 Å². The van der Waals surface area contributed by atoms with E-state index < -0.39 is 0 Å². The zero-order valence-electron chi connectivity index (χ0n) is 16.0. The van der Waals surface area contributed by atoms with Crippen LogP contribution in [0.15, 0.2) is 42.7 Å². The van der Waals surface area contributed by atoms with Gasteiger partial charge in [0, 0.05) is 34.2 Å². The molecule has 0 saturated carbocycles. The van der Waals surface area contributed by atoms with Gasteiger partial charge in [0.15, 0.2) is 0 Å². The maximum atomic E-state index is 4.46. The zero-order valence-corrected chi connectivity index (χ0v) is 16.0. The maximum absolute atomic E-state index is 4.46. The summed E-state index contributed by atoms with van der Waals surface area (Å²) in [5.41, 5.74) is 7.52. The molecule has 27 heavy (non-hydrogen) atoms. The van der Waals surface area contributed by atoms with Crippen molar-refractivity contribution in [3.05, 3.63) is 53.9 Å². The molecule has 4 heteroatoms. The first-order valence-corrected chi connectivity index (χ1v) is 10.0. The summed E-state index contributed by atoms with van der Waals surface area (Å²) in [4.78, 5) is 11.4. The van der Waals surface area contributed by atoms with Crippen LogP contribution in [0, 0.1) is 0 Å². The first-order valence-electron chi connectivity index (χ1n) is 10.0. The summed E-state index contributed by atoms with van der Waals surface area (Å²) in [6.45, 7) is 6.83. The van der Waals surface area contributed by atoms with Crippen molar-refractivity contribution in [2.45, 2.75) is 38.5 Å². The molecular formula is C23H26N4. The van der Waals surface area contributed by atoms with E-state index >= 15 is 0 Å². The van der Waals surface area contributed by atoms with Crippen LogP contribution in [0.3, 0.4) is 0 Å². The average Bonchev–Trinajstić information content (AvgIpc) is 3.32. The summed E-state index contributed by atoms with van der Waals surface area (Å²) in [7, 11) is 0. The summed E-state index contributed by atoms with van der Waals surface area (Å²) in [5.74, 6) is 1.12. The molecule has 0 amide bonds. The van der Waals surface area contributed by atoms with Crippen LogP contribution in [0.1, 0.15) is 49.7 Å². The molecule has 1 aromatic carbocycles. The summed E-state index contributed by atoms with van der Waals surface area (Å²) in [5, 5.41) is 6.02. The molecule has 5 rings (SSSR count). The SMILES string of the molecule is CC(C)c1c(-c2ccnc3[nH]ccc23)[nH]c2ccc(C3CCNCC3)cc12. The molecule has 138 valence electrons. The maximum Gasteiger partial charge on any atom is 0.137 e. The number of nitrogens with one attached hydrogen (secondary N) is 3. The third-order valence-electron chi connectivity index (χ3n) is 5.98. The minimum atomic E-state index is 0.444. The molecule has 1 aliphatic heterocycles. The fourth-order valence-corrected chi connectivity index (χ4v) is 4.63. The lowest BCUT2D eigenvalue weighted by Crippen LogP contribution is -2.26. The molecule has 4 heterocycles. The highest BCUT2D eigenvalue weighted by Gasteiger charge is 2.21. The van der Waals surface area contributed by atoms with E-state index in [2.05, 4.69) is 64.4 Å². The number of rotatable bonds is 3. The Labute approximate surface area is 159 Å². The van der Waals surface area contributed by atoms with Crippen LogP contribution >= 0.6 is 0 Å². The van der Waals surface area contributed by atoms with Crippen molar-refractivity contribution in [3.63, 3.8) is 0 Å². The highest BCUT2D eigenvalue weighted by Crippen LogP contribution is 2.39. The molecule has 1 saturated heterocycles. The van der Waals surface area contributed by atoms with Gasteiger partial charge < -0.3 is 15.3 Å². The van der Waals surface area contributed by atoms with Gasteiger partial charge in [-0.2, -0.15) is 0 Å². The van der Waals surface area contributed by atoms with Crippen molar-refractivity contribution in [1.29, 1.82) is 0 Å². The number of aromatic amines is 2. The van der Waals surface area contributed by atoms with Gasteiger partial charge in [-0.1, -0.05) is 19.9 Å². The molecule has 4 nitrogen and oxygen atoms in total. The van der Waals surface area contributed by atoms with Crippen molar-refractivity contribution >= 4 is 21.9 Å². The van der Waals surface area contributed by atoms with Crippen LogP contribution in [0.25, 0.3) is 33.2 Å². The van der Waals surface area contributed by atoms with E-state index in [4.69, 9.17) is 0 Å². The molecule has 0 radical (unpaired) electrons. The predicted molar refractivity (Wildman–Crippen MR) is 112 cm³/mol. The summed E-state index contributed by atoms with van der Waals surface area (Å²) in [6, 6.07) is 11.3. The molecule has 4 aromatic rings. The van der Waals surface area contributed by atoms with E-state index in [0.717, 1.165) is 18.7 Å². The van der Waals surface area contributed by atoms with Gasteiger partial charge in [-0.05, 0) is 73.2 Å². The van der Waals surface area contributed by atoms with Gasteiger partial charge >= 0.3 is 0 Å². The molecular weight excluding hydrogens is 332 g/mol. The standard InChI is InChI=1S/C23H26N4/c1-14(2)21-19-13-16(15-5-9-24-10-6-15)3-4-20(19)27-22(21)17-7-11-25-23-18(17)8-12-26-23/h3-4,7-8,11-15,24,27H,5-6,9-10H2,1-2H3,(H,25,26). The predicted octanol–water partition coefficient (Wildman–Crippen LogP) is 5.30. The largest absolute Gasteiger partial charge is 0.354 e. The van der Waals surface area contributed by atoms with Crippen LogP contribution in [-0.4, -0.2) is 28.0 Å². The first kappa shape index (κ1) is 16.6. The Balaban J connectivity index is 1.71. The van der Waals surface area contributed by atoms with Gasteiger partial charge in [0.1, 0.15) is 5.65 Å². The molecule has 0 atom stereocenters. The summed E-state index contributed by atoms with van der Waals surface area (Å²) in [6.07, 6.45) is 6.32. The lowest BCUT2D eigenvalue weighted by Gasteiger charge is -2.23. The fourth-order valence-electron chi connectivity index (χ4n) is 4.63. The van der Waals surface area contributed by atoms with Crippen LogP contribution in [0.5, 0.6) is 0 Å². The van der Waals surface area contributed by atoms with Crippen molar-refractivity contribution in [2.24, 2.45) is 0 Å². The second-order valence-electron chi connectivity index (χ2n) is 8.00. The van der Waals surface area contributed by atoms with Gasteiger partial charge in [0.2, 0.25) is 0 Å². The Morgan fingerprint density at radius 2 is 1.89 bits per heavy atom. The molecule has 0 bridgehead atoms. The van der Waals surface area contributed by atoms with Crippen molar-refractivity contribution in [3.8, 4) is 11.3 Å². The number of pyridine rings is 1. The third-order valence-corrected chi connectivity index (χ3v) is 5.98. The zero-order chi connectivity index (χ0) is 18.4. The van der Waals surface area contributed by atoms with E-state index in [1.54, 1.807) is 0 Å². The molecule has 3 aromatic heterocycles. The van der Waals surface area contributed by atoms with Crippen LogP contribution < -0.4 is 5.32 Å². The number of benzene rings is 1. The third kappa shape index (κ3) is 2.76. The number of piperidine rings is 1. The van der Waals surface area contributed by atoms with Crippen LogP contribution in [-0.2, 0) is 0 Å². The molecule has 1 aliphatic rings. The van der Waals surface area contributed by atoms with Crippen LogP contribution in [0.2, 0.25) is 0 Å². The van der Waals surface area contributed by atoms with Gasteiger partial charge in [-0.15, -0.1) is 0 Å². The van der Waals surface area contributed by atoms with E-state index in [1.807, 2.05) is 12.4 Å². The Kier molecular flexibility index (Phi) is 4.01. The molecule has 0 spiro atoms. The van der Waals surface area contributed by atoms with Gasteiger partial charge in [0.25, 0.3) is 0 Å². The average molecular weight is 358 g/mol. The minimum Gasteiger partial charge on any atom is -0.354 e. The number of hydrogen-bond acceptors (Lipinski definition) is 2. The van der Waals surface area contributed by atoms with E-state index in [1.165, 1.54) is 51.5 Å². The van der Waals surface area contributed by atoms with E-state index in [9.17, 15) is 0 Å². The van der Waals surface area contributed by atoms with Crippen molar-refractivity contribution < 1.29 is 0 Å². The van der Waals surface area contributed by atoms with Gasteiger partial charge in [-0.25, -0.2) is 4.98 Å². The molecule has 1 fully saturated rings. The van der Waals surface area contributed by atoms with Crippen molar-refractivity contribution in [2.75, 3.05) is 13.1 Å². The Morgan fingerprint density at radius 1 is 1.04 bits per heavy atom. The second-order valence-corrected chi connectivity index (χ2v) is 8.00. The van der Waals surface area contributed by atoms with E-state index in [0.29, 0.717) is 11.8 Å². The Morgan fingerprint density at radius 3 is 2.70 bits per heavy atom. The lowest BCUT2D eigenvalue weighted by molar-refractivity contribution is 0.460. The Bertz CT molecular complexity index is 1100. The number of H-pyrrole nitrogens is 2. The minimum absolute atomic E-state index is 0.444. The fraction of sp³-hybridized carbons (Fsp3) is 0.348. The molecule has 0 unspecified atom stereocenters. The highest BCUT2D eigenvalue weighted by molar-refractivity contribution is 5.99. The smallest absolute Gasteiger partial charge is 0.137 e. The Hall–Kier alpha value is -2.59. The highest BCUT2D eigenvalue weighted by atomic mass is 14.9. The number of aromatic nitrogens is 3. The summed E-state index contributed by atoms with van der Waals surface area (Å²) < 4.78 is 0. The summed E-state index contributed by atoms with van der Waals surface area (Å²) >= 11 is 0. The quantitative estimate of drug-likeness (QED) is 0.465.